The zero-order valence-electron chi connectivity index (χ0n) is 18.5. The second-order valence-electron chi connectivity index (χ2n) is 7.16. The first kappa shape index (κ1) is 22.8. The number of nitrogens with zero attached hydrogens (tertiary/aromatic N) is 5. The minimum absolute atomic E-state index is 0.685. The van der Waals surface area contributed by atoms with Crippen molar-refractivity contribution in [3.63, 3.8) is 0 Å². The van der Waals surface area contributed by atoms with E-state index < -0.39 is 0 Å². The lowest BCUT2D eigenvalue weighted by Crippen LogP contribution is -2.40. The summed E-state index contributed by atoms with van der Waals surface area (Å²) in [6.07, 6.45) is 3.71. The van der Waals surface area contributed by atoms with Gasteiger partial charge in [-0.3, -0.25) is 0 Å². The van der Waals surface area contributed by atoms with Crippen LogP contribution in [0.25, 0.3) is 0 Å². The van der Waals surface area contributed by atoms with E-state index in [1.165, 1.54) is 10.6 Å². The molecular formula is C23H33N7S. The number of anilines is 1. The summed E-state index contributed by atoms with van der Waals surface area (Å²) >= 11 is 1.73. The van der Waals surface area contributed by atoms with Crippen molar-refractivity contribution in [1.29, 1.82) is 0 Å². The molecule has 0 saturated carbocycles. The summed E-state index contributed by atoms with van der Waals surface area (Å²) in [4.78, 5) is 8.43. The van der Waals surface area contributed by atoms with Gasteiger partial charge in [-0.1, -0.05) is 31.2 Å². The van der Waals surface area contributed by atoms with Crippen LogP contribution in [0.5, 0.6) is 0 Å². The molecule has 3 rings (SSSR count). The molecule has 2 aromatic heterocycles. The number of aromatic nitrogens is 3. The Bertz CT molecular complexity index is 890. The van der Waals surface area contributed by atoms with Gasteiger partial charge in [0.05, 0.1) is 6.54 Å². The number of thiophene rings is 1. The summed E-state index contributed by atoms with van der Waals surface area (Å²) in [6, 6.07) is 14.8. The molecule has 0 radical (unpaired) electrons. The third-order valence-corrected chi connectivity index (χ3v) is 5.89. The number of hydrogen-bond donors (Lipinski definition) is 2. The molecule has 0 bridgehead atoms. The molecular weight excluding hydrogens is 406 g/mol. The molecule has 3 aromatic rings. The molecule has 31 heavy (non-hydrogen) atoms. The number of aryl methyl sites for hydroxylation is 1. The molecule has 0 aliphatic rings. The molecule has 0 amide bonds. The van der Waals surface area contributed by atoms with Crippen LogP contribution in [0, 0.1) is 0 Å². The number of aliphatic imine (C=N–C) groups is 1. The van der Waals surface area contributed by atoms with E-state index in [1.54, 1.807) is 17.7 Å². The van der Waals surface area contributed by atoms with Gasteiger partial charge in [0.1, 0.15) is 12.2 Å². The van der Waals surface area contributed by atoms with Gasteiger partial charge in [-0.2, -0.15) is 0 Å². The minimum atomic E-state index is 0.685. The Hall–Kier alpha value is -2.87. The predicted octanol–water partition coefficient (Wildman–Crippen LogP) is 3.55. The van der Waals surface area contributed by atoms with Crippen molar-refractivity contribution >= 4 is 23.0 Å². The quantitative estimate of drug-likeness (QED) is 0.257. The second-order valence-corrected chi connectivity index (χ2v) is 8.19. The third kappa shape index (κ3) is 7.40. The Kier molecular flexibility index (Phi) is 9.37. The van der Waals surface area contributed by atoms with Crippen LogP contribution < -0.4 is 15.5 Å². The molecule has 7 nitrogen and oxygen atoms in total. The van der Waals surface area contributed by atoms with Crippen molar-refractivity contribution in [2.45, 2.75) is 39.8 Å². The lowest BCUT2D eigenvalue weighted by atomic mass is 10.2. The van der Waals surface area contributed by atoms with Gasteiger partial charge in [0.15, 0.2) is 5.96 Å². The van der Waals surface area contributed by atoms with Crippen LogP contribution in [0.3, 0.4) is 0 Å². The average Bonchev–Trinajstić information content (AvgIpc) is 3.49. The van der Waals surface area contributed by atoms with Gasteiger partial charge in [0.25, 0.3) is 0 Å². The lowest BCUT2D eigenvalue weighted by molar-refractivity contribution is 0.628. The molecule has 0 aliphatic carbocycles. The highest BCUT2D eigenvalue weighted by Crippen LogP contribution is 2.13. The van der Waals surface area contributed by atoms with Crippen molar-refractivity contribution in [3.8, 4) is 0 Å². The maximum Gasteiger partial charge on any atom is 0.191 e. The van der Waals surface area contributed by atoms with Gasteiger partial charge in [-0.15, -0.1) is 21.5 Å². The van der Waals surface area contributed by atoms with Gasteiger partial charge in [-0.05, 0) is 36.9 Å². The molecule has 0 atom stereocenters. The maximum absolute atomic E-state index is 4.77. The summed E-state index contributed by atoms with van der Waals surface area (Å²) in [7, 11) is 0. The largest absolute Gasteiger partial charge is 0.372 e. The highest BCUT2D eigenvalue weighted by atomic mass is 32.1. The Morgan fingerprint density at radius 3 is 2.68 bits per heavy atom. The molecule has 0 unspecified atom stereocenters. The van der Waals surface area contributed by atoms with E-state index in [0.717, 1.165) is 57.3 Å². The highest BCUT2D eigenvalue weighted by Gasteiger charge is 2.05. The van der Waals surface area contributed by atoms with E-state index in [2.05, 4.69) is 92.0 Å². The first-order valence-electron chi connectivity index (χ1n) is 11.0. The zero-order valence-corrected chi connectivity index (χ0v) is 19.3. The van der Waals surface area contributed by atoms with E-state index in [4.69, 9.17) is 4.99 Å². The van der Waals surface area contributed by atoms with E-state index in [1.807, 2.05) is 0 Å². The SMILES string of the molecule is CCc1nncn1CCNC(=NCc1cccs1)NCCCN(CC)c1ccccc1. The topological polar surface area (TPSA) is 70.4 Å². The van der Waals surface area contributed by atoms with Gasteiger partial charge in [-0.25, -0.2) is 4.99 Å². The molecule has 1 aromatic carbocycles. The maximum atomic E-state index is 4.77. The molecule has 2 N–H and O–H groups in total. The number of hydrogen-bond acceptors (Lipinski definition) is 5. The van der Waals surface area contributed by atoms with Gasteiger partial charge in [0, 0.05) is 49.7 Å². The molecule has 0 saturated heterocycles. The first-order chi connectivity index (χ1) is 15.3. The zero-order chi connectivity index (χ0) is 21.7. The Balaban J connectivity index is 1.49. The first-order valence-corrected chi connectivity index (χ1v) is 11.9. The monoisotopic (exact) mass is 439 g/mol. The van der Waals surface area contributed by atoms with Crippen LogP contribution in [0.15, 0.2) is 59.2 Å². The minimum Gasteiger partial charge on any atom is -0.372 e. The van der Waals surface area contributed by atoms with Gasteiger partial charge < -0.3 is 20.1 Å². The average molecular weight is 440 g/mol. The Morgan fingerprint density at radius 2 is 1.94 bits per heavy atom. The van der Waals surface area contributed by atoms with Crippen LogP contribution in [0.4, 0.5) is 5.69 Å². The highest BCUT2D eigenvalue weighted by molar-refractivity contribution is 7.09. The Morgan fingerprint density at radius 1 is 1.10 bits per heavy atom. The fourth-order valence-corrected chi connectivity index (χ4v) is 3.98. The fourth-order valence-electron chi connectivity index (χ4n) is 3.35. The van der Waals surface area contributed by atoms with E-state index in [9.17, 15) is 0 Å². The van der Waals surface area contributed by atoms with Crippen LogP contribution >= 0.6 is 11.3 Å². The number of rotatable bonds is 12. The number of para-hydroxylation sites is 1. The standard InChI is InChI=1S/C23H33N7S/c1-3-22-28-27-19-30(22)16-14-25-23(26-18-21-12-8-17-31-21)24-13-9-15-29(4-2)20-10-6-5-7-11-20/h5-8,10-12,17,19H,3-4,9,13-16,18H2,1-2H3,(H2,24,25,26). The summed E-state index contributed by atoms with van der Waals surface area (Å²) in [6.45, 7) is 9.44. The number of nitrogens with one attached hydrogen (secondary N) is 2. The van der Waals surface area contributed by atoms with Crippen LogP contribution in [0.2, 0.25) is 0 Å². The van der Waals surface area contributed by atoms with Crippen LogP contribution in [0.1, 0.15) is 31.0 Å². The third-order valence-electron chi connectivity index (χ3n) is 5.03. The smallest absolute Gasteiger partial charge is 0.191 e. The lowest BCUT2D eigenvalue weighted by Gasteiger charge is -2.23. The molecule has 0 fully saturated rings. The van der Waals surface area contributed by atoms with E-state index >= 15 is 0 Å². The molecule has 8 heteroatoms. The normalized spacial score (nSPS) is 11.5. The van der Waals surface area contributed by atoms with Gasteiger partial charge in [0.2, 0.25) is 0 Å². The number of guanidine groups is 1. The van der Waals surface area contributed by atoms with E-state index in [-0.39, 0.29) is 0 Å². The summed E-state index contributed by atoms with van der Waals surface area (Å²) < 4.78 is 2.09. The predicted molar refractivity (Wildman–Crippen MR) is 130 cm³/mol. The van der Waals surface area contributed by atoms with Crippen molar-refractivity contribution in [3.05, 3.63) is 64.9 Å². The molecule has 0 spiro atoms. The summed E-state index contributed by atoms with van der Waals surface area (Å²) in [5.41, 5.74) is 1.27. The second kappa shape index (κ2) is 12.7. The van der Waals surface area contributed by atoms with Crippen molar-refractivity contribution in [2.75, 3.05) is 31.1 Å². The van der Waals surface area contributed by atoms with Gasteiger partial charge >= 0.3 is 0 Å². The van der Waals surface area contributed by atoms with Crippen molar-refractivity contribution in [1.82, 2.24) is 25.4 Å². The molecule has 166 valence electrons. The van der Waals surface area contributed by atoms with Crippen LogP contribution in [-0.2, 0) is 19.5 Å². The van der Waals surface area contributed by atoms with E-state index in [0.29, 0.717) is 6.54 Å². The van der Waals surface area contributed by atoms with Crippen LogP contribution in [-0.4, -0.2) is 46.9 Å². The van der Waals surface area contributed by atoms with Crippen molar-refractivity contribution in [2.24, 2.45) is 4.99 Å². The summed E-state index contributed by atoms with van der Waals surface area (Å²) in [5, 5.41) is 17.2. The Labute approximate surface area is 189 Å². The molecule has 2 heterocycles. The molecule has 0 aliphatic heterocycles. The summed E-state index contributed by atoms with van der Waals surface area (Å²) in [5.74, 6) is 1.86. The fraction of sp³-hybridized carbons (Fsp3) is 0.435. The number of benzene rings is 1. The van der Waals surface area contributed by atoms with Crippen molar-refractivity contribution < 1.29 is 0 Å².